The first kappa shape index (κ1) is 47.2. The maximum Gasteiger partial charge on any atom is 0.334 e. The lowest BCUT2D eigenvalue weighted by Crippen LogP contribution is -2.52. The van der Waals surface area contributed by atoms with Crippen LogP contribution in [0.2, 0.25) is 0 Å². The minimum atomic E-state index is -2.48. The van der Waals surface area contributed by atoms with Gasteiger partial charge in [0.2, 0.25) is 5.91 Å². The van der Waals surface area contributed by atoms with Gasteiger partial charge in [-0.3, -0.25) is 44.7 Å². The molecule has 55 heavy (non-hydrogen) atoms. The lowest BCUT2D eigenvalue weighted by atomic mass is 10.2. The number of rotatable bonds is 17. The van der Waals surface area contributed by atoms with Gasteiger partial charge in [0.05, 0.1) is 29.1 Å². The number of thioether (sulfide) groups is 2. The van der Waals surface area contributed by atoms with Crippen LogP contribution >= 0.6 is 23.5 Å². The van der Waals surface area contributed by atoms with E-state index in [9.17, 15) is 53.8 Å². The third kappa shape index (κ3) is 18.7. The average molecular weight is 816 g/mol. The van der Waals surface area contributed by atoms with Crippen LogP contribution in [0.5, 0.6) is 11.5 Å². The second-order valence-electron chi connectivity index (χ2n) is 10.8. The van der Waals surface area contributed by atoms with Gasteiger partial charge in [-0.15, -0.1) is 0 Å². The molecule has 0 bridgehead atoms. The number of imide groups is 1. The van der Waals surface area contributed by atoms with Crippen LogP contribution in [0.4, 0.5) is 16.2 Å². The zero-order valence-electron chi connectivity index (χ0n) is 29.0. The molecular formula is C31H37N5O17S2. The van der Waals surface area contributed by atoms with Crippen LogP contribution in [0.15, 0.2) is 48.5 Å². The standard InChI is InChI=1S/C23H26N4O9S2.C4H5NO4.C4H6O4/c1-37-13-11-19(21(28)35-17-7-3-15(4-8-17)26(31)32)24-23(30)25-20(12-14-38-2)22(29)36-18-9-5-16(6-10-18)27(33)34;6-2-1-4(8,9)3(7)5-2;5-3(6)1-2-4(7)8/h3-10,19-20H,11-14H2,1-2H3,(H2,24,25,30);8-9H,1H2,(H,5,6,7);1-2H2,(H,5,6)(H,7,8)/t19-,20-;;/m0../s1. The van der Waals surface area contributed by atoms with E-state index in [1.54, 1.807) is 5.32 Å². The van der Waals surface area contributed by atoms with Gasteiger partial charge in [-0.2, -0.15) is 23.5 Å². The van der Waals surface area contributed by atoms with Crippen LogP contribution in [-0.2, 0) is 28.8 Å². The first-order valence-electron chi connectivity index (χ1n) is 15.5. The van der Waals surface area contributed by atoms with Crippen molar-refractivity contribution in [3.05, 3.63) is 68.8 Å². The molecule has 1 saturated heterocycles. The first-order valence-corrected chi connectivity index (χ1v) is 18.3. The number of carboxylic acids is 2. The predicted molar refractivity (Wildman–Crippen MR) is 192 cm³/mol. The Morgan fingerprint density at radius 2 is 1.13 bits per heavy atom. The molecule has 24 heteroatoms. The van der Waals surface area contributed by atoms with E-state index in [2.05, 4.69) is 10.6 Å². The Bertz CT molecular complexity index is 1590. The summed E-state index contributed by atoms with van der Waals surface area (Å²) in [5, 5.41) is 61.3. The number of benzene rings is 2. The van der Waals surface area contributed by atoms with Crippen molar-refractivity contribution in [3.63, 3.8) is 0 Å². The van der Waals surface area contributed by atoms with Gasteiger partial charge < -0.3 is 40.5 Å². The minimum absolute atomic E-state index is 0.0708. The van der Waals surface area contributed by atoms with E-state index in [0.717, 1.165) is 0 Å². The van der Waals surface area contributed by atoms with Crippen LogP contribution < -0.4 is 25.4 Å². The Morgan fingerprint density at radius 3 is 1.36 bits per heavy atom. The number of non-ortho nitro benzene ring substituents is 2. The number of esters is 2. The molecule has 0 radical (unpaired) electrons. The van der Waals surface area contributed by atoms with Gasteiger partial charge in [-0.25, -0.2) is 14.4 Å². The van der Waals surface area contributed by atoms with E-state index >= 15 is 0 Å². The Morgan fingerprint density at radius 1 is 0.764 bits per heavy atom. The van der Waals surface area contributed by atoms with Crippen molar-refractivity contribution < 1.29 is 73.3 Å². The fourth-order valence-electron chi connectivity index (χ4n) is 3.76. The summed E-state index contributed by atoms with van der Waals surface area (Å²) in [4.78, 5) is 98.4. The number of urea groups is 1. The summed E-state index contributed by atoms with van der Waals surface area (Å²) in [7, 11) is 0. The third-order valence-electron chi connectivity index (χ3n) is 6.51. The lowest BCUT2D eigenvalue weighted by molar-refractivity contribution is -0.385. The number of nitro groups is 2. The minimum Gasteiger partial charge on any atom is -0.481 e. The Balaban J connectivity index is 0.000000726. The topological polar surface area (TPSA) is 341 Å². The largest absolute Gasteiger partial charge is 0.481 e. The monoisotopic (exact) mass is 815 g/mol. The molecule has 1 heterocycles. The number of hydrogen-bond acceptors (Lipinski definition) is 17. The van der Waals surface area contributed by atoms with Gasteiger partial charge in [-0.1, -0.05) is 0 Å². The van der Waals surface area contributed by atoms with Crippen molar-refractivity contribution in [2.24, 2.45) is 0 Å². The van der Waals surface area contributed by atoms with Crippen molar-refractivity contribution >= 4 is 76.6 Å². The molecule has 1 fully saturated rings. The summed E-state index contributed by atoms with van der Waals surface area (Å²) in [5.74, 6) is -6.73. The summed E-state index contributed by atoms with van der Waals surface area (Å²) in [6.45, 7) is 0. The number of aliphatic hydroxyl groups is 2. The molecule has 3 rings (SSSR count). The second kappa shape index (κ2) is 23.7. The maximum absolute atomic E-state index is 12.7. The molecule has 1 aliphatic rings. The number of ether oxygens (including phenoxy) is 2. The molecule has 7 N–H and O–H groups in total. The first-order chi connectivity index (χ1) is 25.8. The normalized spacial score (nSPS) is 13.5. The van der Waals surface area contributed by atoms with Crippen LogP contribution in [0.1, 0.15) is 32.1 Å². The van der Waals surface area contributed by atoms with Gasteiger partial charge >= 0.3 is 29.9 Å². The number of nitrogens with one attached hydrogen (secondary N) is 3. The quantitative estimate of drug-likeness (QED) is 0.0294. The number of nitro benzene ring substituents is 2. The van der Waals surface area contributed by atoms with Gasteiger partial charge in [0.15, 0.2) is 0 Å². The molecule has 2 aromatic carbocycles. The fourth-order valence-corrected chi connectivity index (χ4v) is 4.71. The van der Waals surface area contributed by atoms with Crippen LogP contribution in [0, 0.1) is 20.2 Å². The number of carboxylic acid groups (broad SMARTS) is 2. The van der Waals surface area contributed by atoms with Crippen LogP contribution in [-0.4, -0.2) is 114 Å². The van der Waals surface area contributed by atoms with Crippen molar-refractivity contribution in [1.29, 1.82) is 0 Å². The molecule has 0 unspecified atom stereocenters. The summed E-state index contributed by atoms with van der Waals surface area (Å²) in [6.07, 6.45) is 2.94. The highest BCUT2D eigenvalue weighted by molar-refractivity contribution is 7.98. The highest BCUT2D eigenvalue weighted by Gasteiger charge is 2.43. The van der Waals surface area contributed by atoms with Crippen LogP contribution in [0.25, 0.3) is 0 Å². The number of nitrogens with zero attached hydrogens (tertiary/aromatic N) is 2. The van der Waals surface area contributed by atoms with Crippen LogP contribution in [0.3, 0.4) is 0 Å². The highest BCUT2D eigenvalue weighted by atomic mass is 32.2. The molecule has 0 aliphatic carbocycles. The Labute approximate surface area is 319 Å². The van der Waals surface area contributed by atoms with E-state index < -0.39 is 75.9 Å². The van der Waals surface area contributed by atoms with Crippen molar-refractivity contribution in [3.8, 4) is 11.5 Å². The molecule has 0 saturated carbocycles. The summed E-state index contributed by atoms with van der Waals surface area (Å²) in [5.41, 5.74) is -0.337. The molecule has 2 aromatic rings. The van der Waals surface area contributed by atoms with E-state index in [-0.39, 0.29) is 48.6 Å². The number of hydrogen-bond donors (Lipinski definition) is 7. The van der Waals surface area contributed by atoms with Crippen molar-refractivity contribution in [2.45, 2.75) is 50.0 Å². The molecule has 0 spiro atoms. The SMILES string of the molecule is CSCC[C@H](NC(=O)N[C@@H](CCSC)C(=O)Oc1ccc([N+](=O)[O-])cc1)C(=O)Oc1ccc([N+](=O)[O-])cc1.O=C(O)CCC(=O)O.O=C1CC(O)(O)C(=O)N1. The molecule has 0 aromatic heterocycles. The summed E-state index contributed by atoms with van der Waals surface area (Å²) in [6, 6.07) is 6.90. The smallest absolute Gasteiger partial charge is 0.334 e. The van der Waals surface area contributed by atoms with Crippen molar-refractivity contribution in [2.75, 3.05) is 24.0 Å². The van der Waals surface area contributed by atoms with Gasteiger partial charge in [0, 0.05) is 24.3 Å². The van der Waals surface area contributed by atoms with Crippen molar-refractivity contribution in [1.82, 2.24) is 16.0 Å². The van der Waals surface area contributed by atoms with E-state index in [4.69, 9.17) is 29.9 Å². The Kier molecular flexibility index (Phi) is 20.4. The van der Waals surface area contributed by atoms with E-state index in [1.165, 1.54) is 72.1 Å². The number of carbonyl (C=O) groups is 7. The Hall–Kier alpha value is -5.85. The highest BCUT2D eigenvalue weighted by Crippen LogP contribution is 2.20. The van der Waals surface area contributed by atoms with Gasteiger partial charge in [-0.05, 0) is 61.1 Å². The molecule has 22 nitrogen and oxygen atoms in total. The number of carbonyl (C=O) groups excluding carboxylic acids is 5. The molecule has 4 amide bonds. The van der Waals surface area contributed by atoms with Gasteiger partial charge in [0.25, 0.3) is 23.1 Å². The summed E-state index contributed by atoms with van der Waals surface area (Å²) >= 11 is 2.89. The summed E-state index contributed by atoms with van der Waals surface area (Å²) < 4.78 is 10.6. The zero-order chi connectivity index (χ0) is 41.7. The van der Waals surface area contributed by atoms with Gasteiger partial charge in [0.1, 0.15) is 23.6 Å². The molecule has 300 valence electrons. The van der Waals surface area contributed by atoms with E-state index in [1.807, 2.05) is 12.5 Å². The number of amides is 4. The fraction of sp³-hybridized carbons (Fsp3) is 0.387. The third-order valence-corrected chi connectivity index (χ3v) is 7.80. The molecular weight excluding hydrogens is 778 g/mol. The molecule has 1 aliphatic heterocycles. The molecule has 2 atom stereocenters. The predicted octanol–water partition coefficient (Wildman–Crippen LogP) is 1.21. The van der Waals surface area contributed by atoms with E-state index in [0.29, 0.717) is 11.5 Å². The average Bonchev–Trinajstić information content (AvgIpc) is 3.36. The number of aliphatic carboxylic acids is 2. The second-order valence-corrected chi connectivity index (χ2v) is 12.8. The maximum atomic E-state index is 12.7. The zero-order valence-corrected chi connectivity index (χ0v) is 30.7. The lowest BCUT2D eigenvalue weighted by Gasteiger charge is -2.21.